The van der Waals surface area contributed by atoms with Crippen molar-refractivity contribution in [3.05, 3.63) is 69.3 Å². The van der Waals surface area contributed by atoms with E-state index in [2.05, 4.69) is 15.6 Å². The van der Waals surface area contributed by atoms with Crippen LogP contribution in [0.2, 0.25) is 10.0 Å². The summed E-state index contributed by atoms with van der Waals surface area (Å²) in [6.07, 6.45) is -0.632. The van der Waals surface area contributed by atoms with Crippen LogP contribution in [-0.4, -0.2) is 42.8 Å². The van der Waals surface area contributed by atoms with E-state index in [1.807, 2.05) is 13.0 Å². The van der Waals surface area contributed by atoms with E-state index >= 15 is 0 Å². The van der Waals surface area contributed by atoms with Gasteiger partial charge in [-0.2, -0.15) is 0 Å². The number of carbonyl (C=O) groups is 3. The molecule has 0 unspecified atom stereocenters. The minimum absolute atomic E-state index is 0.00996. The van der Waals surface area contributed by atoms with Crippen LogP contribution in [0.5, 0.6) is 5.88 Å². The van der Waals surface area contributed by atoms with E-state index in [4.69, 9.17) is 37.4 Å². The number of carbonyl (C=O) groups excluding carboxylic acids is 3. The second-order valence-corrected chi connectivity index (χ2v) is 9.88. The van der Waals surface area contributed by atoms with Gasteiger partial charge in [-0.25, -0.2) is 14.6 Å². The average Bonchev–Trinajstić information content (AvgIpc) is 2.85. The fourth-order valence-corrected chi connectivity index (χ4v) is 4.05. The summed E-state index contributed by atoms with van der Waals surface area (Å²) in [7, 11) is 2.52. The Labute approximate surface area is 230 Å². The molecule has 0 saturated carbocycles. The average molecular weight is 560 g/mol. The summed E-state index contributed by atoms with van der Waals surface area (Å²) in [4.78, 5) is 41.4. The summed E-state index contributed by atoms with van der Waals surface area (Å²) < 4.78 is 15.2. The lowest BCUT2D eigenvalue weighted by Crippen LogP contribution is -2.27. The lowest BCUT2D eigenvalue weighted by atomic mass is 9.98. The molecule has 0 bridgehead atoms. The van der Waals surface area contributed by atoms with E-state index in [-0.39, 0.29) is 22.2 Å². The van der Waals surface area contributed by atoms with Crippen LogP contribution >= 0.6 is 23.2 Å². The van der Waals surface area contributed by atoms with Crippen molar-refractivity contribution in [3.8, 4) is 17.0 Å². The van der Waals surface area contributed by atoms with Crippen LogP contribution in [0.4, 0.5) is 16.2 Å². The van der Waals surface area contributed by atoms with Gasteiger partial charge in [0.1, 0.15) is 11.2 Å². The molecule has 200 valence electrons. The van der Waals surface area contributed by atoms with Crippen molar-refractivity contribution < 1.29 is 28.6 Å². The second kappa shape index (κ2) is 11.7. The van der Waals surface area contributed by atoms with Crippen LogP contribution < -0.4 is 15.4 Å². The number of methoxy groups -OCH3 is 2. The Hall–Kier alpha value is -3.82. The number of benzene rings is 2. The summed E-state index contributed by atoms with van der Waals surface area (Å²) in [6, 6.07) is 11.8. The molecule has 0 fully saturated rings. The SMILES string of the molecule is COC(=O)c1cc(Cl)c(C(=O)Nc2cccc(-c3cccc(NC(=O)OC(C)(C)C)c3Cl)c2C)nc1OC. The lowest BCUT2D eigenvalue weighted by Gasteiger charge is -2.20. The number of pyridine rings is 1. The predicted molar refractivity (Wildman–Crippen MR) is 147 cm³/mol. The number of nitrogens with zero attached hydrogens (tertiary/aromatic N) is 1. The lowest BCUT2D eigenvalue weighted by molar-refractivity contribution is 0.0593. The number of hydrogen-bond donors (Lipinski definition) is 2. The number of hydrogen-bond acceptors (Lipinski definition) is 7. The molecule has 0 atom stereocenters. The molecular weight excluding hydrogens is 533 g/mol. The smallest absolute Gasteiger partial charge is 0.412 e. The molecule has 0 aliphatic carbocycles. The van der Waals surface area contributed by atoms with Gasteiger partial charge in [0, 0.05) is 11.3 Å². The Kier molecular flexibility index (Phi) is 8.85. The van der Waals surface area contributed by atoms with Gasteiger partial charge in [0.25, 0.3) is 5.91 Å². The first-order chi connectivity index (χ1) is 17.9. The zero-order valence-electron chi connectivity index (χ0n) is 21.7. The van der Waals surface area contributed by atoms with Crippen LogP contribution in [0, 0.1) is 6.92 Å². The third kappa shape index (κ3) is 6.54. The first-order valence-electron chi connectivity index (χ1n) is 11.4. The highest BCUT2D eigenvalue weighted by molar-refractivity contribution is 6.36. The van der Waals surface area contributed by atoms with E-state index in [1.54, 1.807) is 51.1 Å². The van der Waals surface area contributed by atoms with Gasteiger partial charge >= 0.3 is 12.1 Å². The number of halogens is 2. The molecule has 0 radical (unpaired) electrons. The maximum absolute atomic E-state index is 13.1. The minimum Gasteiger partial charge on any atom is -0.480 e. The molecular formula is C27H27Cl2N3O6. The van der Waals surface area contributed by atoms with Gasteiger partial charge in [0.15, 0.2) is 5.69 Å². The Bertz CT molecular complexity index is 1400. The normalized spacial score (nSPS) is 10.9. The number of esters is 1. The molecule has 2 aromatic carbocycles. The fraction of sp³-hybridized carbons (Fsp3) is 0.259. The van der Waals surface area contributed by atoms with Crippen LogP contribution in [0.15, 0.2) is 42.5 Å². The highest BCUT2D eigenvalue weighted by Crippen LogP contribution is 2.38. The molecule has 11 heteroatoms. The maximum Gasteiger partial charge on any atom is 0.412 e. The van der Waals surface area contributed by atoms with Gasteiger partial charge in [-0.1, -0.05) is 47.5 Å². The molecule has 3 aromatic rings. The summed E-state index contributed by atoms with van der Waals surface area (Å²) >= 11 is 12.9. The van der Waals surface area contributed by atoms with Crippen molar-refractivity contribution in [1.29, 1.82) is 0 Å². The molecule has 38 heavy (non-hydrogen) atoms. The predicted octanol–water partition coefficient (Wildman–Crippen LogP) is 6.76. The zero-order chi connectivity index (χ0) is 28.2. The first-order valence-corrected chi connectivity index (χ1v) is 12.1. The molecule has 0 aliphatic rings. The van der Waals surface area contributed by atoms with Crippen molar-refractivity contribution in [2.75, 3.05) is 24.9 Å². The Morgan fingerprint density at radius 3 is 2.16 bits per heavy atom. The molecule has 2 N–H and O–H groups in total. The van der Waals surface area contributed by atoms with Crippen LogP contribution in [0.1, 0.15) is 47.2 Å². The van der Waals surface area contributed by atoms with E-state index in [0.717, 1.165) is 5.56 Å². The zero-order valence-corrected chi connectivity index (χ0v) is 23.2. The molecule has 0 aliphatic heterocycles. The number of nitrogens with one attached hydrogen (secondary N) is 2. The monoisotopic (exact) mass is 559 g/mol. The highest BCUT2D eigenvalue weighted by Gasteiger charge is 2.23. The van der Waals surface area contributed by atoms with Gasteiger partial charge in [-0.3, -0.25) is 10.1 Å². The molecule has 9 nitrogen and oxygen atoms in total. The van der Waals surface area contributed by atoms with E-state index in [1.165, 1.54) is 20.3 Å². The Morgan fingerprint density at radius 2 is 1.55 bits per heavy atom. The van der Waals surface area contributed by atoms with Crippen molar-refractivity contribution in [2.24, 2.45) is 0 Å². The quantitative estimate of drug-likeness (QED) is 0.320. The summed E-state index contributed by atoms with van der Waals surface area (Å²) in [5.74, 6) is -1.42. The van der Waals surface area contributed by atoms with Crippen molar-refractivity contribution in [2.45, 2.75) is 33.3 Å². The van der Waals surface area contributed by atoms with E-state index in [9.17, 15) is 14.4 Å². The van der Waals surface area contributed by atoms with Crippen molar-refractivity contribution in [1.82, 2.24) is 4.98 Å². The van der Waals surface area contributed by atoms with Crippen molar-refractivity contribution in [3.63, 3.8) is 0 Å². The Balaban J connectivity index is 1.92. The largest absolute Gasteiger partial charge is 0.480 e. The molecule has 1 aromatic heterocycles. The topological polar surface area (TPSA) is 116 Å². The van der Waals surface area contributed by atoms with Crippen LogP contribution in [-0.2, 0) is 9.47 Å². The summed E-state index contributed by atoms with van der Waals surface area (Å²) in [6.45, 7) is 7.10. The Morgan fingerprint density at radius 1 is 0.921 bits per heavy atom. The number of ether oxygens (including phenoxy) is 3. The van der Waals surface area contributed by atoms with Gasteiger partial charge in [-0.05, 0) is 57.0 Å². The number of aromatic nitrogens is 1. The summed E-state index contributed by atoms with van der Waals surface area (Å²) in [5, 5.41) is 5.71. The number of amides is 2. The van der Waals surface area contributed by atoms with Crippen LogP contribution in [0.3, 0.4) is 0 Å². The fourth-order valence-electron chi connectivity index (χ4n) is 3.54. The van der Waals surface area contributed by atoms with Crippen LogP contribution in [0.25, 0.3) is 11.1 Å². The number of anilines is 2. The first kappa shape index (κ1) is 28.7. The van der Waals surface area contributed by atoms with Crippen molar-refractivity contribution >= 4 is 52.5 Å². The minimum atomic E-state index is -0.702. The molecule has 2 amide bonds. The molecule has 0 saturated heterocycles. The third-order valence-corrected chi connectivity index (χ3v) is 5.96. The highest BCUT2D eigenvalue weighted by atomic mass is 35.5. The second-order valence-electron chi connectivity index (χ2n) is 9.09. The van der Waals surface area contributed by atoms with E-state index in [0.29, 0.717) is 27.5 Å². The van der Waals surface area contributed by atoms with Gasteiger partial charge in [0.05, 0.1) is 30.0 Å². The van der Waals surface area contributed by atoms with Gasteiger partial charge in [-0.15, -0.1) is 0 Å². The molecule has 3 rings (SSSR count). The summed E-state index contributed by atoms with van der Waals surface area (Å²) in [5.41, 5.74) is 2.09. The number of rotatable bonds is 6. The standard InChI is InChI=1S/C27H27Cl2N3O6/c1-14-15(16-10-8-12-20(21(16)29)31-26(35)38-27(2,3)4)9-7-11-19(14)30-23(33)22-18(28)13-17(25(34)37-6)24(32-22)36-5/h7-13H,1-6H3,(H,30,33)(H,31,35). The third-order valence-electron chi connectivity index (χ3n) is 5.26. The maximum atomic E-state index is 13.1. The van der Waals surface area contributed by atoms with E-state index < -0.39 is 23.6 Å². The van der Waals surface area contributed by atoms with Gasteiger partial charge in [0.2, 0.25) is 5.88 Å². The molecule has 0 spiro atoms. The molecule has 1 heterocycles. The van der Waals surface area contributed by atoms with Gasteiger partial charge < -0.3 is 19.5 Å².